The topological polar surface area (TPSA) is 49.4 Å². The van der Waals surface area contributed by atoms with Gasteiger partial charge in [-0.2, -0.15) is 0 Å². The number of amides is 2. The maximum Gasteiger partial charge on any atom is 0.255 e. The average Bonchev–Trinajstić information content (AvgIpc) is 2.52. The second-order valence-electron chi connectivity index (χ2n) is 6.21. The quantitative estimate of drug-likeness (QED) is 0.876. The molecule has 2 aliphatic heterocycles. The molecule has 1 saturated heterocycles. The van der Waals surface area contributed by atoms with Crippen LogP contribution < -0.4 is 5.32 Å². The predicted molar refractivity (Wildman–Crippen MR) is 88.6 cm³/mol. The number of hydrogen-bond donors (Lipinski definition) is 1. The van der Waals surface area contributed by atoms with E-state index in [1.807, 2.05) is 24.3 Å². The summed E-state index contributed by atoms with van der Waals surface area (Å²) in [6.07, 6.45) is 0.668. The monoisotopic (exact) mass is 326 g/mol. The number of carbonyl (C=O) groups excluding carboxylic acids is 2. The van der Waals surface area contributed by atoms with Gasteiger partial charge in [-0.05, 0) is 30.2 Å². The zero-order valence-electron chi connectivity index (χ0n) is 12.4. The number of hydrogen-bond acceptors (Lipinski definition) is 2. The van der Waals surface area contributed by atoms with E-state index in [1.54, 1.807) is 29.2 Å². The Labute approximate surface area is 139 Å². The number of rotatable bonds is 1. The molecule has 5 heteroatoms. The highest BCUT2D eigenvalue weighted by Crippen LogP contribution is 2.41. The molecule has 116 valence electrons. The van der Waals surface area contributed by atoms with Crippen LogP contribution in [0.1, 0.15) is 15.9 Å². The molecular formula is C18H15ClN2O2. The van der Waals surface area contributed by atoms with Crippen LogP contribution >= 0.6 is 11.6 Å². The first-order valence-electron chi connectivity index (χ1n) is 7.52. The molecule has 2 aliphatic rings. The lowest BCUT2D eigenvalue weighted by atomic mass is 9.71. The van der Waals surface area contributed by atoms with Gasteiger partial charge in [0, 0.05) is 18.8 Å². The van der Waals surface area contributed by atoms with E-state index in [2.05, 4.69) is 5.32 Å². The molecule has 0 bridgehead atoms. The fraction of sp³-hybridized carbons (Fsp3) is 0.222. The fourth-order valence-corrected chi connectivity index (χ4v) is 3.60. The summed E-state index contributed by atoms with van der Waals surface area (Å²) in [5, 5.41) is 3.40. The van der Waals surface area contributed by atoms with Crippen LogP contribution in [-0.2, 0) is 11.2 Å². The largest absolute Gasteiger partial charge is 0.336 e. The summed E-state index contributed by atoms with van der Waals surface area (Å²) in [7, 11) is 0. The van der Waals surface area contributed by atoms with Gasteiger partial charge < -0.3 is 10.2 Å². The van der Waals surface area contributed by atoms with Crippen LogP contribution in [0.15, 0.2) is 48.5 Å². The fourth-order valence-electron chi connectivity index (χ4n) is 3.38. The lowest BCUT2D eigenvalue weighted by Gasteiger charge is -2.50. The molecule has 1 spiro atoms. The third-order valence-electron chi connectivity index (χ3n) is 4.65. The third-order valence-corrected chi connectivity index (χ3v) is 4.98. The molecular weight excluding hydrogens is 312 g/mol. The Bertz CT molecular complexity index is 812. The molecule has 1 N–H and O–H groups in total. The van der Waals surface area contributed by atoms with Gasteiger partial charge in [0.25, 0.3) is 5.91 Å². The summed E-state index contributed by atoms with van der Waals surface area (Å²) in [6.45, 7) is 0.856. The van der Waals surface area contributed by atoms with E-state index < -0.39 is 5.41 Å². The number of fused-ring (bicyclic) bond motifs is 1. The van der Waals surface area contributed by atoms with Gasteiger partial charge in [-0.15, -0.1) is 0 Å². The summed E-state index contributed by atoms with van der Waals surface area (Å²) in [6, 6.07) is 14.8. The molecule has 0 saturated carbocycles. The zero-order chi connectivity index (χ0) is 16.0. The molecule has 23 heavy (non-hydrogen) atoms. The molecule has 2 heterocycles. The standard InChI is InChI=1S/C18H15ClN2O2/c19-14-7-3-2-6-13(14)16(22)21-10-18(11-21)9-12-5-1-4-8-15(12)20-17(18)23/h1-8H,9-11H2,(H,20,23). The average molecular weight is 327 g/mol. The van der Waals surface area contributed by atoms with E-state index in [-0.39, 0.29) is 11.8 Å². The highest BCUT2D eigenvalue weighted by Gasteiger charge is 2.53. The molecule has 4 nitrogen and oxygen atoms in total. The van der Waals surface area contributed by atoms with Gasteiger partial charge in [-0.3, -0.25) is 9.59 Å². The van der Waals surface area contributed by atoms with Gasteiger partial charge in [-0.1, -0.05) is 41.9 Å². The van der Waals surface area contributed by atoms with E-state index in [0.29, 0.717) is 30.1 Å². The minimum atomic E-state index is -0.509. The molecule has 0 radical (unpaired) electrons. The number of benzene rings is 2. The Morgan fingerprint density at radius 2 is 1.78 bits per heavy atom. The summed E-state index contributed by atoms with van der Waals surface area (Å²) in [5.41, 5.74) is 1.97. The molecule has 0 unspecified atom stereocenters. The number of anilines is 1. The van der Waals surface area contributed by atoms with Crippen molar-refractivity contribution in [2.75, 3.05) is 18.4 Å². The van der Waals surface area contributed by atoms with Gasteiger partial charge >= 0.3 is 0 Å². The zero-order valence-corrected chi connectivity index (χ0v) is 13.1. The van der Waals surface area contributed by atoms with Crippen molar-refractivity contribution in [2.45, 2.75) is 6.42 Å². The van der Waals surface area contributed by atoms with Crippen molar-refractivity contribution in [3.05, 3.63) is 64.7 Å². The highest BCUT2D eigenvalue weighted by molar-refractivity contribution is 6.33. The Balaban J connectivity index is 1.54. The van der Waals surface area contributed by atoms with E-state index in [9.17, 15) is 9.59 Å². The van der Waals surface area contributed by atoms with Gasteiger partial charge in [0.2, 0.25) is 5.91 Å². The minimum absolute atomic E-state index is 0.000548. The number of para-hydroxylation sites is 1. The normalized spacial score (nSPS) is 18.1. The van der Waals surface area contributed by atoms with Gasteiger partial charge in [0.1, 0.15) is 0 Å². The lowest BCUT2D eigenvalue weighted by Crippen LogP contribution is -2.65. The van der Waals surface area contributed by atoms with Crippen LogP contribution in [-0.4, -0.2) is 29.8 Å². The third kappa shape index (κ3) is 2.21. The first-order valence-corrected chi connectivity index (χ1v) is 7.90. The van der Waals surface area contributed by atoms with Crippen LogP contribution in [0.4, 0.5) is 5.69 Å². The molecule has 1 fully saturated rings. The first kappa shape index (κ1) is 14.3. The van der Waals surface area contributed by atoms with Crippen LogP contribution in [0.2, 0.25) is 5.02 Å². The summed E-state index contributed by atoms with van der Waals surface area (Å²) < 4.78 is 0. The van der Waals surface area contributed by atoms with Crippen LogP contribution in [0.25, 0.3) is 0 Å². The first-order chi connectivity index (χ1) is 11.1. The predicted octanol–water partition coefficient (Wildman–Crippen LogP) is 2.98. The van der Waals surface area contributed by atoms with Crippen molar-refractivity contribution in [3.63, 3.8) is 0 Å². The van der Waals surface area contributed by atoms with Gasteiger partial charge in [0.05, 0.1) is 16.0 Å². The van der Waals surface area contributed by atoms with Crippen molar-refractivity contribution in [1.82, 2.24) is 4.90 Å². The molecule has 2 aromatic carbocycles. The van der Waals surface area contributed by atoms with Crippen molar-refractivity contribution < 1.29 is 9.59 Å². The molecule has 2 amide bonds. The molecule has 4 rings (SSSR count). The summed E-state index contributed by atoms with van der Waals surface area (Å²) >= 11 is 6.09. The Morgan fingerprint density at radius 3 is 2.57 bits per heavy atom. The van der Waals surface area contributed by atoms with Gasteiger partial charge in [0.15, 0.2) is 0 Å². The van der Waals surface area contributed by atoms with Crippen molar-refractivity contribution in [2.24, 2.45) is 5.41 Å². The van der Waals surface area contributed by atoms with E-state index in [1.165, 1.54) is 0 Å². The summed E-state index contributed by atoms with van der Waals surface area (Å²) in [5.74, 6) is -0.118. The molecule has 0 atom stereocenters. The Kier molecular flexibility index (Phi) is 3.16. The smallest absolute Gasteiger partial charge is 0.255 e. The maximum atomic E-state index is 12.5. The van der Waals surface area contributed by atoms with Crippen molar-refractivity contribution >= 4 is 29.1 Å². The van der Waals surface area contributed by atoms with Crippen LogP contribution in [0.3, 0.4) is 0 Å². The Hall–Kier alpha value is -2.33. The van der Waals surface area contributed by atoms with E-state index >= 15 is 0 Å². The lowest BCUT2D eigenvalue weighted by molar-refractivity contribution is -0.134. The van der Waals surface area contributed by atoms with E-state index in [4.69, 9.17) is 11.6 Å². The Morgan fingerprint density at radius 1 is 1.09 bits per heavy atom. The second-order valence-corrected chi connectivity index (χ2v) is 6.62. The summed E-state index contributed by atoms with van der Waals surface area (Å²) in [4.78, 5) is 26.7. The highest BCUT2D eigenvalue weighted by atomic mass is 35.5. The van der Waals surface area contributed by atoms with Gasteiger partial charge in [-0.25, -0.2) is 0 Å². The number of likely N-dealkylation sites (tertiary alicyclic amines) is 1. The van der Waals surface area contributed by atoms with Crippen molar-refractivity contribution in [1.29, 1.82) is 0 Å². The van der Waals surface area contributed by atoms with Crippen molar-refractivity contribution in [3.8, 4) is 0 Å². The number of nitrogens with zero attached hydrogens (tertiary/aromatic N) is 1. The SMILES string of the molecule is O=C(c1ccccc1Cl)N1CC2(Cc3ccccc3NC2=O)C1. The number of halogens is 1. The minimum Gasteiger partial charge on any atom is -0.336 e. The second kappa shape index (κ2) is 5.10. The molecule has 0 aromatic heterocycles. The number of carbonyl (C=O) groups is 2. The maximum absolute atomic E-state index is 12.5. The van der Waals surface area contributed by atoms with Crippen LogP contribution in [0, 0.1) is 5.41 Å². The van der Waals surface area contributed by atoms with Crippen LogP contribution in [0.5, 0.6) is 0 Å². The van der Waals surface area contributed by atoms with E-state index in [0.717, 1.165) is 11.3 Å². The molecule has 2 aromatic rings. The number of nitrogens with one attached hydrogen (secondary N) is 1. The molecule has 0 aliphatic carbocycles.